The molecular weight excluding hydrogens is 274 g/mol. The van der Waals surface area contributed by atoms with Crippen LogP contribution in [-0.4, -0.2) is 10.9 Å². The second-order valence-electron chi connectivity index (χ2n) is 6.31. The zero-order valence-electron chi connectivity index (χ0n) is 12.6. The summed E-state index contributed by atoms with van der Waals surface area (Å²) in [7, 11) is 0. The lowest BCUT2D eigenvalue weighted by Crippen LogP contribution is -2.39. The number of hydrogen-bond acceptors (Lipinski definition) is 3. The molecule has 2 fully saturated rings. The fourth-order valence-electron chi connectivity index (χ4n) is 3.87. The van der Waals surface area contributed by atoms with E-state index in [1.807, 2.05) is 41.5 Å². The van der Waals surface area contributed by atoms with Gasteiger partial charge in [0.1, 0.15) is 0 Å². The molecule has 114 valence electrons. The summed E-state index contributed by atoms with van der Waals surface area (Å²) in [6, 6.07) is 20.5. The van der Waals surface area contributed by atoms with Gasteiger partial charge in [-0.1, -0.05) is 55.0 Å². The second kappa shape index (κ2) is 5.41. The highest BCUT2D eigenvalue weighted by molar-refractivity contribution is 5.48. The molecular formula is C19H21NO2. The fraction of sp³-hybridized carbons (Fsp3) is 0.368. The molecule has 2 aromatic rings. The number of nitrogens with zero attached hydrogens (tertiary/aromatic N) is 1. The maximum Gasteiger partial charge on any atom is 0.196 e. The quantitative estimate of drug-likeness (QED) is 0.907. The van der Waals surface area contributed by atoms with Crippen molar-refractivity contribution in [2.45, 2.75) is 37.5 Å². The number of fused-ring (bicyclic) bond motifs is 1. The van der Waals surface area contributed by atoms with Crippen LogP contribution >= 0.6 is 0 Å². The first kappa shape index (κ1) is 13.8. The first-order valence-corrected chi connectivity index (χ1v) is 8.09. The van der Waals surface area contributed by atoms with Gasteiger partial charge in [-0.25, -0.2) is 9.90 Å². The molecule has 0 amide bonds. The summed E-state index contributed by atoms with van der Waals surface area (Å²) < 4.78 is 0. The molecule has 1 heterocycles. The van der Waals surface area contributed by atoms with E-state index >= 15 is 0 Å². The molecule has 3 heteroatoms. The Morgan fingerprint density at radius 2 is 1.64 bits per heavy atom. The van der Waals surface area contributed by atoms with Gasteiger partial charge in [-0.3, -0.25) is 0 Å². The molecule has 0 bridgehead atoms. The number of hydroxylamine groups is 1. The number of hydrogen-bond donors (Lipinski definition) is 1. The van der Waals surface area contributed by atoms with Gasteiger partial charge >= 0.3 is 0 Å². The highest BCUT2D eigenvalue weighted by Crippen LogP contribution is 2.52. The van der Waals surface area contributed by atoms with Crippen molar-refractivity contribution in [3.63, 3.8) is 0 Å². The molecule has 3 nitrogen and oxygen atoms in total. The maximum atomic E-state index is 11.0. The van der Waals surface area contributed by atoms with Crippen LogP contribution in [-0.2, 0) is 4.84 Å². The Balaban J connectivity index is 1.78. The topological polar surface area (TPSA) is 32.7 Å². The molecule has 0 aromatic heterocycles. The van der Waals surface area contributed by atoms with Crippen LogP contribution in [0.2, 0.25) is 0 Å². The van der Waals surface area contributed by atoms with E-state index < -0.39 is 5.79 Å². The van der Waals surface area contributed by atoms with Crippen molar-refractivity contribution in [2.24, 2.45) is 5.92 Å². The van der Waals surface area contributed by atoms with Crippen LogP contribution in [0.5, 0.6) is 0 Å². The molecule has 0 radical (unpaired) electrons. The Kier molecular flexibility index (Phi) is 3.40. The number of aliphatic hydroxyl groups is 1. The molecule has 0 spiro atoms. The molecule has 1 N–H and O–H groups in total. The summed E-state index contributed by atoms with van der Waals surface area (Å²) in [5, 5.41) is 12.9. The van der Waals surface area contributed by atoms with E-state index in [4.69, 9.17) is 4.84 Å². The van der Waals surface area contributed by atoms with Crippen LogP contribution in [0.15, 0.2) is 60.7 Å². The van der Waals surface area contributed by atoms with Gasteiger partial charge in [-0.2, -0.15) is 0 Å². The van der Waals surface area contributed by atoms with Gasteiger partial charge in [-0.15, -0.1) is 0 Å². The zero-order chi connectivity index (χ0) is 15.0. The second-order valence-corrected chi connectivity index (χ2v) is 6.31. The lowest BCUT2D eigenvalue weighted by molar-refractivity contribution is -0.214. The van der Waals surface area contributed by atoms with Crippen LogP contribution in [0.3, 0.4) is 0 Å². The number of benzene rings is 2. The molecule has 2 aromatic carbocycles. The van der Waals surface area contributed by atoms with E-state index in [1.165, 1.54) is 5.56 Å². The lowest BCUT2D eigenvalue weighted by atomic mass is 9.77. The van der Waals surface area contributed by atoms with Gasteiger partial charge in [0.25, 0.3) is 0 Å². The predicted molar refractivity (Wildman–Crippen MR) is 86.1 cm³/mol. The highest BCUT2D eigenvalue weighted by atomic mass is 16.8. The minimum atomic E-state index is -1.03. The molecule has 1 saturated heterocycles. The standard InChI is InChI=1S/C19H21NO2/c21-19-14-8-7-13-17(19)18(15-9-3-1-4-10-15)20(22-19)16-11-5-2-6-12-16/h1-6,9-12,17-18,21H,7-8,13-14H2/t17-,18-,19?/m1/s1. The van der Waals surface area contributed by atoms with Crippen LogP contribution in [0.25, 0.3) is 0 Å². The van der Waals surface area contributed by atoms with Crippen molar-refractivity contribution in [1.29, 1.82) is 0 Å². The molecule has 1 unspecified atom stereocenters. The SMILES string of the molecule is OC12CCCC[C@@H]1[C@@H](c1ccccc1)N(c1ccccc1)O2. The predicted octanol–water partition coefficient (Wildman–Crippen LogP) is 4.06. The third kappa shape index (κ3) is 2.21. The van der Waals surface area contributed by atoms with Gasteiger partial charge in [-0.05, 0) is 30.5 Å². The normalized spacial score (nSPS) is 31.0. The summed E-state index contributed by atoms with van der Waals surface area (Å²) in [6.07, 6.45) is 3.89. The van der Waals surface area contributed by atoms with Crippen molar-refractivity contribution >= 4 is 5.69 Å². The van der Waals surface area contributed by atoms with Gasteiger partial charge in [0.05, 0.1) is 11.7 Å². The van der Waals surface area contributed by atoms with Gasteiger partial charge in [0.2, 0.25) is 0 Å². The number of anilines is 1. The summed E-state index contributed by atoms with van der Waals surface area (Å²) in [6.45, 7) is 0. The Labute approximate surface area is 131 Å². The lowest BCUT2D eigenvalue weighted by Gasteiger charge is -2.32. The smallest absolute Gasteiger partial charge is 0.196 e. The zero-order valence-corrected chi connectivity index (χ0v) is 12.6. The van der Waals surface area contributed by atoms with Crippen LogP contribution < -0.4 is 5.06 Å². The Bertz CT molecular complexity index is 630. The van der Waals surface area contributed by atoms with Crippen LogP contribution in [0, 0.1) is 5.92 Å². The first-order valence-electron chi connectivity index (χ1n) is 8.09. The van der Waals surface area contributed by atoms with Crippen LogP contribution in [0.4, 0.5) is 5.69 Å². The molecule has 2 aliphatic rings. The van der Waals surface area contributed by atoms with Gasteiger partial charge < -0.3 is 5.11 Å². The third-order valence-electron chi connectivity index (χ3n) is 4.92. The molecule has 1 saturated carbocycles. The van der Waals surface area contributed by atoms with Crippen molar-refractivity contribution < 1.29 is 9.94 Å². The van der Waals surface area contributed by atoms with Crippen molar-refractivity contribution in [2.75, 3.05) is 5.06 Å². The van der Waals surface area contributed by atoms with E-state index in [0.29, 0.717) is 6.42 Å². The average Bonchev–Trinajstić information content (AvgIpc) is 2.89. The van der Waals surface area contributed by atoms with Gasteiger partial charge in [0.15, 0.2) is 5.79 Å². The van der Waals surface area contributed by atoms with Crippen molar-refractivity contribution in [3.05, 3.63) is 66.2 Å². The maximum absolute atomic E-state index is 11.0. The molecule has 1 aliphatic carbocycles. The van der Waals surface area contributed by atoms with Crippen molar-refractivity contribution in [3.8, 4) is 0 Å². The highest BCUT2D eigenvalue weighted by Gasteiger charge is 2.55. The molecule has 4 rings (SSSR count). The van der Waals surface area contributed by atoms with E-state index in [1.54, 1.807) is 0 Å². The number of rotatable bonds is 2. The largest absolute Gasteiger partial charge is 0.363 e. The monoisotopic (exact) mass is 295 g/mol. The summed E-state index contributed by atoms with van der Waals surface area (Å²) in [5.74, 6) is -0.918. The van der Waals surface area contributed by atoms with Crippen LogP contribution in [0.1, 0.15) is 37.3 Å². The Hall–Kier alpha value is -1.84. The third-order valence-corrected chi connectivity index (χ3v) is 4.92. The van der Waals surface area contributed by atoms with E-state index in [-0.39, 0.29) is 12.0 Å². The first-order chi connectivity index (χ1) is 10.8. The molecule has 1 aliphatic heterocycles. The van der Waals surface area contributed by atoms with Crippen molar-refractivity contribution in [1.82, 2.24) is 0 Å². The Morgan fingerprint density at radius 3 is 2.36 bits per heavy atom. The Morgan fingerprint density at radius 1 is 0.955 bits per heavy atom. The van der Waals surface area contributed by atoms with E-state index in [0.717, 1.165) is 24.9 Å². The fourth-order valence-corrected chi connectivity index (χ4v) is 3.87. The number of para-hydroxylation sites is 1. The minimum absolute atomic E-state index is 0.0638. The van der Waals surface area contributed by atoms with Gasteiger partial charge in [0, 0.05) is 12.3 Å². The molecule has 3 atom stereocenters. The van der Waals surface area contributed by atoms with E-state index in [9.17, 15) is 5.11 Å². The summed E-state index contributed by atoms with van der Waals surface area (Å²) in [4.78, 5) is 6.09. The summed E-state index contributed by atoms with van der Waals surface area (Å²) in [5.41, 5.74) is 2.20. The average molecular weight is 295 g/mol. The minimum Gasteiger partial charge on any atom is -0.363 e. The van der Waals surface area contributed by atoms with E-state index in [2.05, 4.69) is 24.3 Å². The molecule has 22 heavy (non-hydrogen) atoms. The summed E-state index contributed by atoms with van der Waals surface area (Å²) >= 11 is 0.